The summed E-state index contributed by atoms with van der Waals surface area (Å²) in [6.07, 6.45) is 1.28. The molecule has 0 aliphatic heterocycles. The Hall–Kier alpha value is -2.63. The molecule has 0 atom stereocenters. The first-order valence-corrected chi connectivity index (χ1v) is 8.54. The summed E-state index contributed by atoms with van der Waals surface area (Å²) < 4.78 is 41.3. The van der Waals surface area contributed by atoms with Crippen molar-refractivity contribution < 1.29 is 12.8 Å². The van der Waals surface area contributed by atoms with Crippen LogP contribution in [-0.2, 0) is 10.0 Å². The Kier molecular flexibility index (Phi) is 3.91. The molecule has 9 heteroatoms. The van der Waals surface area contributed by atoms with Gasteiger partial charge in [0.2, 0.25) is 0 Å². The van der Waals surface area contributed by atoms with Gasteiger partial charge in [-0.25, -0.2) is 17.8 Å². The minimum absolute atomic E-state index is 0.0363. The molecule has 122 valence electrons. The van der Waals surface area contributed by atoms with E-state index < -0.39 is 15.8 Å². The van der Waals surface area contributed by atoms with E-state index in [1.54, 1.807) is 13.0 Å². The number of aromatic nitrogens is 2. The Labute approximate surface area is 142 Å². The zero-order valence-corrected chi connectivity index (χ0v) is 13.8. The molecule has 2 heterocycles. The van der Waals surface area contributed by atoms with E-state index in [-0.39, 0.29) is 21.3 Å². The number of sulfonamides is 1. The van der Waals surface area contributed by atoms with Gasteiger partial charge in [0.05, 0.1) is 11.3 Å². The molecule has 0 aliphatic carbocycles. The lowest BCUT2D eigenvalue weighted by atomic mass is 10.1. The molecule has 0 bridgehead atoms. The number of H-pyrrole nitrogens is 1. The zero-order valence-electron chi connectivity index (χ0n) is 12.3. The van der Waals surface area contributed by atoms with Crippen LogP contribution in [0, 0.1) is 24.1 Å². The van der Waals surface area contributed by atoms with Crippen molar-refractivity contribution in [2.24, 2.45) is 0 Å². The molecule has 0 saturated carbocycles. The fourth-order valence-corrected chi connectivity index (χ4v) is 3.69. The van der Waals surface area contributed by atoms with Gasteiger partial charge in [0.1, 0.15) is 27.6 Å². The van der Waals surface area contributed by atoms with E-state index in [4.69, 9.17) is 16.9 Å². The normalized spacial score (nSPS) is 11.4. The topological polar surface area (TPSA) is 98.6 Å². The smallest absolute Gasteiger partial charge is 0.264 e. The molecular weight excluding hydrogens is 355 g/mol. The maximum atomic E-state index is 13.8. The van der Waals surface area contributed by atoms with Gasteiger partial charge < -0.3 is 4.98 Å². The summed E-state index contributed by atoms with van der Waals surface area (Å²) in [4.78, 5) is 6.69. The summed E-state index contributed by atoms with van der Waals surface area (Å²) in [5.41, 5.74) is 0.660. The van der Waals surface area contributed by atoms with Gasteiger partial charge >= 0.3 is 0 Å². The zero-order chi connectivity index (χ0) is 17.5. The standard InChI is InChI=1S/C15H10ClFN4O2S/c1-8-4-9(6-18)11(17)5-12(8)21-24(22,23)13-7-19-15-10(13)2-3-14(16)20-15/h2-5,7,21H,1H3,(H,19,20). The summed E-state index contributed by atoms with van der Waals surface area (Å²) in [5, 5.41) is 9.39. The average molecular weight is 365 g/mol. The lowest BCUT2D eigenvalue weighted by Gasteiger charge is -2.10. The number of benzene rings is 1. The molecule has 0 aliphatic rings. The molecule has 0 radical (unpaired) electrons. The number of nitriles is 1. The Morgan fingerprint density at radius 2 is 2.12 bits per heavy atom. The molecule has 3 rings (SSSR count). The Bertz CT molecular complexity index is 1100. The molecule has 3 aromatic rings. The van der Waals surface area contributed by atoms with Crippen molar-refractivity contribution in [3.63, 3.8) is 0 Å². The van der Waals surface area contributed by atoms with Crippen molar-refractivity contribution in [1.82, 2.24) is 9.97 Å². The van der Waals surface area contributed by atoms with Gasteiger partial charge in [-0.15, -0.1) is 0 Å². The van der Waals surface area contributed by atoms with Crippen molar-refractivity contribution in [1.29, 1.82) is 5.26 Å². The first-order valence-electron chi connectivity index (χ1n) is 6.68. The highest BCUT2D eigenvalue weighted by molar-refractivity contribution is 7.93. The van der Waals surface area contributed by atoms with Crippen LogP contribution >= 0.6 is 11.6 Å². The average Bonchev–Trinajstić information content (AvgIpc) is 2.94. The molecule has 2 aromatic heterocycles. The number of anilines is 1. The van der Waals surface area contributed by atoms with Crippen LogP contribution in [0.1, 0.15) is 11.1 Å². The van der Waals surface area contributed by atoms with Crippen LogP contribution in [0.5, 0.6) is 0 Å². The maximum Gasteiger partial charge on any atom is 0.264 e. The van der Waals surface area contributed by atoms with E-state index in [0.717, 1.165) is 6.07 Å². The van der Waals surface area contributed by atoms with Crippen molar-refractivity contribution in [2.45, 2.75) is 11.8 Å². The van der Waals surface area contributed by atoms with E-state index in [1.807, 2.05) is 0 Å². The van der Waals surface area contributed by atoms with Gasteiger partial charge in [0, 0.05) is 11.6 Å². The Morgan fingerprint density at radius 1 is 1.38 bits per heavy atom. The number of hydrogen-bond acceptors (Lipinski definition) is 4. The Morgan fingerprint density at radius 3 is 2.83 bits per heavy atom. The number of aromatic amines is 1. The second kappa shape index (κ2) is 5.78. The number of nitrogens with one attached hydrogen (secondary N) is 2. The van der Waals surface area contributed by atoms with Gasteiger partial charge in [-0.3, -0.25) is 4.72 Å². The van der Waals surface area contributed by atoms with Crippen LogP contribution in [0.15, 0.2) is 35.4 Å². The predicted octanol–water partition coefficient (Wildman–Crippen LogP) is 3.34. The molecular formula is C15H10ClFN4O2S. The van der Waals surface area contributed by atoms with Gasteiger partial charge in [0.15, 0.2) is 0 Å². The number of fused-ring (bicyclic) bond motifs is 1. The minimum Gasteiger partial charge on any atom is -0.345 e. The fourth-order valence-electron chi connectivity index (χ4n) is 2.26. The quantitative estimate of drug-likeness (QED) is 0.696. The first kappa shape index (κ1) is 16.2. The summed E-state index contributed by atoms with van der Waals surface area (Å²) >= 11 is 5.77. The number of rotatable bonds is 3. The van der Waals surface area contributed by atoms with E-state index in [0.29, 0.717) is 16.6 Å². The second-order valence-electron chi connectivity index (χ2n) is 5.05. The van der Waals surface area contributed by atoms with Crippen LogP contribution < -0.4 is 4.72 Å². The third-order valence-corrected chi connectivity index (χ3v) is 5.05. The molecule has 24 heavy (non-hydrogen) atoms. The van der Waals surface area contributed by atoms with Gasteiger partial charge in [0.25, 0.3) is 10.0 Å². The van der Waals surface area contributed by atoms with Gasteiger partial charge in [-0.1, -0.05) is 11.6 Å². The highest BCUT2D eigenvalue weighted by Crippen LogP contribution is 2.27. The third kappa shape index (κ3) is 2.79. The molecule has 0 saturated heterocycles. The number of pyridine rings is 1. The van der Waals surface area contributed by atoms with E-state index in [1.165, 1.54) is 24.4 Å². The van der Waals surface area contributed by atoms with Crippen molar-refractivity contribution >= 4 is 38.3 Å². The largest absolute Gasteiger partial charge is 0.345 e. The number of halogens is 2. The molecule has 0 fully saturated rings. The van der Waals surface area contributed by atoms with Crippen LogP contribution in [0.25, 0.3) is 11.0 Å². The van der Waals surface area contributed by atoms with Crippen molar-refractivity contribution in [3.05, 3.63) is 52.6 Å². The number of aryl methyl sites for hydroxylation is 1. The second-order valence-corrected chi connectivity index (χ2v) is 7.09. The van der Waals surface area contributed by atoms with E-state index >= 15 is 0 Å². The molecule has 1 aromatic carbocycles. The number of nitrogens with zero attached hydrogens (tertiary/aromatic N) is 2. The van der Waals surface area contributed by atoms with Crippen LogP contribution in [0.4, 0.5) is 10.1 Å². The summed E-state index contributed by atoms with van der Waals surface area (Å²) in [5.74, 6) is -0.798. The van der Waals surface area contributed by atoms with Gasteiger partial charge in [-0.2, -0.15) is 5.26 Å². The monoisotopic (exact) mass is 364 g/mol. The van der Waals surface area contributed by atoms with Crippen molar-refractivity contribution in [3.8, 4) is 6.07 Å². The molecule has 2 N–H and O–H groups in total. The van der Waals surface area contributed by atoms with E-state index in [9.17, 15) is 12.8 Å². The van der Waals surface area contributed by atoms with Crippen LogP contribution in [-0.4, -0.2) is 18.4 Å². The van der Waals surface area contributed by atoms with Crippen LogP contribution in [0.2, 0.25) is 5.15 Å². The van der Waals surface area contributed by atoms with Crippen LogP contribution in [0.3, 0.4) is 0 Å². The highest BCUT2D eigenvalue weighted by Gasteiger charge is 2.21. The van der Waals surface area contributed by atoms with Crippen molar-refractivity contribution in [2.75, 3.05) is 4.72 Å². The molecule has 0 unspecified atom stereocenters. The minimum atomic E-state index is -3.98. The summed E-state index contributed by atoms with van der Waals surface area (Å²) in [6.45, 7) is 1.58. The SMILES string of the molecule is Cc1cc(C#N)c(F)cc1NS(=O)(=O)c1c[nH]c2nc(Cl)ccc12. The lowest BCUT2D eigenvalue weighted by molar-refractivity contribution is 0.601. The van der Waals surface area contributed by atoms with Gasteiger partial charge in [-0.05, 0) is 36.8 Å². The first-order chi connectivity index (χ1) is 11.3. The molecule has 6 nitrogen and oxygen atoms in total. The third-order valence-electron chi connectivity index (χ3n) is 3.44. The summed E-state index contributed by atoms with van der Waals surface area (Å²) in [7, 11) is -3.98. The summed E-state index contributed by atoms with van der Waals surface area (Å²) in [6, 6.07) is 6.97. The van der Waals surface area contributed by atoms with E-state index in [2.05, 4.69) is 14.7 Å². The highest BCUT2D eigenvalue weighted by atomic mass is 35.5. The fraction of sp³-hybridized carbons (Fsp3) is 0.0667. The Balaban J connectivity index is 2.06. The predicted molar refractivity (Wildman–Crippen MR) is 87.8 cm³/mol. The maximum absolute atomic E-state index is 13.8. The molecule has 0 spiro atoms. The molecule has 0 amide bonds. The number of hydrogen-bond donors (Lipinski definition) is 2. The lowest BCUT2D eigenvalue weighted by Crippen LogP contribution is -2.14.